The van der Waals surface area contributed by atoms with Gasteiger partial charge >= 0.3 is 6.18 Å². The molecule has 0 aliphatic rings. The Hall–Kier alpha value is -3.23. The molecular formula is C17H13F3N4O2. The molecule has 0 radical (unpaired) electrons. The highest BCUT2D eigenvalue weighted by atomic mass is 19.4. The van der Waals surface area contributed by atoms with Gasteiger partial charge in [-0.05, 0) is 31.2 Å². The Bertz CT molecular complexity index is 1010. The van der Waals surface area contributed by atoms with E-state index in [4.69, 9.17) is 0 Å². The Morgan fingerprint density at radius 3 is 2.54 bits per heavy atom. The lowest BCUT2D eigenvalue weighted by atomic mass is 10.2. The van der Waals surface area contributed by atoms with Crippen molar-refractivity contribution in [3.63, 3.8) is 0 Å². The smallest absolute Gasteiger partial charge is 0.323 e. The van der Waals surface area contributed by atoms with E-state index in [1.54, 1.807) is 24.3 Å². The van der Waals surface area contributed by atoms with Gasteiger partial charge in [0.1, 0.15) is 11.7 Å². The molecule has 0 saturated carbocycles. The number of aromatic nitrogens is 3. The topological polar surface area (TPSA) is 76.9 Å². The van der Waals surface area contributed by atoms with Gasteiger partial charge in [-0.25, -0.2) is 9.97 Å². The van der Waals surface area contributed by atoms with E-state index >= 15 is 0 Å². The fourth-order valence-corrected chi connectivity index (χ4v) is 2.37. The summed E-state index contributed by atoms with van der Waals surface area (Å²) in [6.07, 6.45) is -2.38. The third kappa shape index (κ3) is 3.41. The van der Waals surface area contributed by atoms with Gasteiger partial charge in [0.25, 0.3) is 5.56 Å². The van der Waals surface area contributed by atoms with Crippen molar-refractivity contribution >= 4 is 22.5 Å². The summed E-state index contributed by atoms with van der Waals surface area (Å²) in [4.78, 5) is 32.2. The molecule has 2 heterocycles. The van der Waals surface area contributed by atoms with Crippen LogP contribution in [0.5, 0.6) is 0 Å². The molecule has 1 aromatic carbocycles. The number of anilines is 1. The predicted molar refractivity (Wildman–Crippen MR) is 88.6 cm³/mol. The van der Waals surface area contributed by atoms with Crippen LogP contribution in [0.4, 0.5) is 18.9 Å². The lowest BCUT2D eigenvalue weighted by Crippen LogP contribution is -2.31. The Morgan fingerprint density at radius 1 is 1.15 bits per heavy atom. The first-order valence-electron chi connectivity index (χ1n) is 7.57. The molecule has 3 rings (SSSR count). The number of fused-ring (bicyclic) bond motifs is 1. The summed E-state index contributed by atoms with van der Waals surface area (Å²) in [6, 6.07) is 7.67. The first-order valence-corrected chi connectivity index (χ1v) is 7.57. The van der Waals surface area contributed by atoms with E-state index < -0.39 is 23.8 Å². The zero-order chi connectivity index (χ0) is 18.9. The van der Waals surface area contributed by atoms with Gasteiger partial charge in [-0.15, -0.1) is 0 Å². The van der Waals surface area contributed by atoms with Crippen LogP contribution in [0.25, 0.3) is 10.9 Å². The molecular weight excluding hydrogens is 349 g/mol. The second-order valence-electron chi connectivity index (χ2n) is 5.57. The summed E-state index contributed by atoms with van der Waals surface area (Å²) in [5, 5.41) is 2.80. The minimum Gasteiger partial charge on any atom is -0.323 e. The predicted octanol–water partition coefficient (Wildman–Crippen LogP) is 3.01. The van der Waals surface area contributed by atoms with Gasteiger partial charge < -0.3 is 5.32 Å². The molecule has 0 unspecified atom stereocenters. The maximum atomic E-state index is 12.5. The average molecular weight is 362 g/mol. The van der Waals surface area contributed by atoms with Gasteiger partial charge in [0.05, 0.1) is 29.1 Å². The fraction of sp³-hybridized carbons (Fsp3) is 0.176. The highest BCUT2D eigenvalue weighted by Gasteiger charge is 2.32. The number of carbonyl (C=O) groups is 1. The van der Waals surface area contributed by atoms with Gasteiger partial charge in [-0.3, -0.25) is 14.2 Å². The summed E-state index contributed by atoms with van der Waals surface area (Å²) in [5.74, 6) is -0.578. The number of hydrogen-bond acceptors (Lipinski definition) is 4. The highest BCUT2D eigenvalue weighted by Crippen LogP contribution is 2.27. The lowest BCUT2D eigenvalue weighted by molar-refractivity contribution is -0.141. The Morgan fingerprint density at radius 2 is 1.88 bits per heavy atom. The van der Waals surface area contributed by atoms with Gasteiger partial charge in [-0.2, -0.15) is 13.2 Å². The van der Waals surface area contributed by atoms with Gasteiger partial charge in [0.2, 0.25) is 5.91 Å². The van der Waals surface area contributed by atoms with Crippen molar-refractivity contribution < 1.29 is 18.0 Å². The van der Waals surface area contributed by atoms with Crippen LogP contribution in [0.1, 0.15) is 18.7 Å². The van der Waals surface area contributed by atoms with Crippen molar-refractivity contribution in [2.24, 2.45) is 0 Å². The monoisotopic (exact) mass is 362 g/mol. The average Bonchev–Trinajstić information content (AvgIpc) is 2.61. The normalized spacial score (nSPS) is 12.8. The van der Waals surface area contributed by atoms with E-state index in [0.29, 0.717) is 10.9 Å². The molecule has 1 amide bonds. The van der Waals surface area contributed by atoms with Gasteiger partial charge in [0, 0.05) is 0 Å². The summed E-state index contributed by atoms with van der Waals surface area (Å²) in [5.41, 5.74) is -0.841. The quantitative estimate of drug-likeness (QED) is 0.777. The van der Waals surface area contributed by atoms with E-state index in [9.17, 15) is 22.8 Å². The Kier molecular flexibility index (Phi) is 4.45. The minimum absolute atomic E-state index is 0.0941. The van der Waals surface area contributed by atoms with Crippen LogP contribution < -0.4 is 10.9 Å². The largest absolute Gasteiger partial charge is 0.433 e. The second kappa shape index (κ2) is 6.58. The zero-order valence-corrected chi connectivity index (χ0v) is 13.5. The Labute approximate surface area is 145 Å². The molecule has 9 heteroatoms. The number of alkyl halides is 3. The van der Waals surface area contributed by atoms with Crippen molar-refractivity contribution in [1.29, 1.82) is 0 Å². The molecule has 0 bridgehead atoms. The van der Waals surface area contributed by atoms with E-state index in [1.165, 1.54) is 13.3 Å². The summed E-state index contributed by atoms with van der Waals surface area (Å²) < 4.78 is 38.7. The van der Waals surface area contributed by atoms with Gasteiger partial charge in [-0.1, -0.05) is 12.1 Å². The number of para-hydroxylation sites is 1. The van der Waals surface area contributed by atoms with Crippen LogP contribution in [0.3, 0.4) is 0 Å². The lowest BCUT2D eigenvalue weighted by Gasteiger charge is -2.15. The maximum absolute atomic E-state index is 12.5. The number of rotatable bonds is 3. The van der Waals surface area contributed by atoms with Crippen molar-refractivity contribution in [1.82, 2.24) is 14.5 Å². The first kappa shape index (κ1) is 17.6. The number of amides is 1. The van der Waals surface area contributed by atoms with Crippen LogP contribution in [-0.2, 0) is 11.0 Å². The number of pyridine rings is 1. The molecule has 0 aliphatic carbocycles. The molecule has 0 spiro atoms. The second-order valence-corrected chi connectivity index (χ2v) is 5.57. The van der Waals surface area contributed by atoms with Crippen molar-refractivity contribution in [2.45, 2.75) is 19.1 Å². The van der Waals surface area contributed by atoms with Crippen LogP contribution >= 0.6 is 0 Å². The molecule has 2 aromatic heterocycles. The SMILES string of the molecule is C[C@@H](C(=O)Nc1ccc(C(F)(F)F)nc1)n1cnc2ccccc2c1=O. The van der Waals surface area contributed by atoms with Crippen LogP contribution in [0.15, 0.2) is 53.7 Å². The molecule has 1 atom stereocenters. The maximum Gasteiger partial charge on any atom is 0.433 e. The fourth-order valence-electron chi connectivity index (χ4n) is 2.37. The standard InChI is InChI=1S/C17H13F3N4O2/c1-10(24-9-22-13-5-3-2-4-12(13)16(24)26)15(25)23-11-6-7-14(21-8-11)17(18,19)20/h2-10H,1H3,(H,23,25)/t10-/m0/s1. The molecule has 134 valence electrons. The Balaban J connectivity index is 1.82. The van der Waals surface area contributed by atoms with Crippen molar-refractivity contribution in [3.05, 3.63) is 65.0 Å². The van der Waals surface area contributed by atoms with E-state index in [-0.39, 0.29) is 11.2 Å². The number of benzene rings is 1. The molecule has 0 fully saturated rings. The van der Waals surface area contributed by atoms with Crippen LogP contribution in [-0.4, -0.2) is 20.4 Å². The number of carbonyl (C=O) groups excluding carboxylic acids is 1. The third-order valence-electron chi connectivity index (χ3n) is 3.81. The van der Waals surface area contributed by atoms with Crippen LogP contribution in [0, 0.1) is 0 Å². The van der Waals surface area contributed by atoms with E-state index in [1.807, 2.05) is 0 Å². The molecule has 26 heavy (non-hydrogen) atoms. The molecule has 0 saturated heterocycles. The van der Waals surface area contributed by atoms with E-state index in [0.717, 1.165) is 22.9 Å². The number of hydrogen-bond donors (Lipinski definition) is 1. The summed E-state index contributed by atoms with van der Waals surface area (Å²) >= 11 is 0. The van der Waals surface area contributed by atoms with Crippen molar-refractivity contribution in [2.75, 3.05) is 5.32 Å². The van der Waals surface area contributed by atoms with Crippen molar-refractivity contribution in [3.8, 4) is 0 Å². The summed E-state index contributed by atoms with van der Waals surface area (Å²) in [6.45, 7) is 1.49. The molecule has 0 aliphatic heterocycles. The minimum atomic E-state index is -4.56. The molecule has 6 nitrogen and oxygen atoms in total. The van der Waals surface area contributed by atoms with Gasteiger partial charge in [0.15, 0.2) is 0 Å². The number of nitrogens with zero attached hydrogens (tertiary/aromatic N) is 3. The number of nitrogens with one attached hydrogen (secondary N) is 1. The third-order valence-corrected chi connectivity index (χ3v) is 3.81. The molecule has 1 N–H and O–H groups in total. The summed E-state index contributed by atoms with van der Waals surface area (Å²) in [7, 11) is 0. The van der Waals surface area contributed by atoms with E-state index in [2.05, 4.69) is 15.3 Å². The first-order chi connectivity index (χ1) is 12.3. The highest BCUT2D eigenvalue weighted by molar-refractivity contribution is 5.93. The zero-order valence-electron chi connectivity index (χ0n) is 13.5. The molecule has 3 aromatic rings. The van der Waals surface area contributed by atoms with Crippen LogP contribution in [0.2, 0.25) is 0 Å². The number of halogens is 3.